The molecular weight excluding hydrogens is 276 g/mol. The van der Waals surface area contributed by atoms with E-state index in [4.69, 9.17) is 11.6 Å². The highest BCUT2D eigenvalue weighted by Gasteiger charge is 2.18. The zero-order valence-electron chi connectivity index (χ0n) is 9.75. The van der Waals surface area contributed by atoms with E-state index in [9.17, 15) is 8.42 Å². The van der Waals surface area contributed by atoms with Gasteiger partial charge in [0.15, 0.2) is 5.03 Å². The zero-order valence-corrected chi connectivity index (χ0v) is 11.3. The van der Waals surface area contributed by atoms with Crippen LogP contribution in [-0.4, -0.2) is 23.2 Å². The first-order valence-electron chi connectivity index (χ1n) is 5.03. The van der Waals surface area contributed by atoms with Crippen LogP contribution in [0.15, 0.2) is 29.6 Å². The van der Waals surface area contributed by atoms with E-state index in [-0.39, 0.29) is 5.03 Å². The van der Waals surface area contributed by atoms with E-state index in [0.29, 0.717) is 16.4 Å². The van der Waals surface area contributed by atoms with Crippen molar-refractivity contribution in [2.45, 2.75) is 11.9 Å². The zero-order chi connectivity index (χ0) is 13.3. The third-order valence-electron chi connectivity index (χ3n) is 2.32. The van der Waals surface area contributed by atoms with Gasteiger partial charge in [0, 0.05) is 7.05 Å². The van der Waals surface area contributed by atoms with Crippen LogP contribution in [-0.2, 0) is 17.1 Å². The summed E-state index contributed by atoms with van der Waals surface area (Å²) in [4.78, 5) is 3.88. The maximum atomic E-state index is 12.0. The van der Waals surface area contributed by atoms with Gasteiger partial charge in [0.05, 0.1) is 18.1 Å². The molecule has 6 nitrogen and oxygen atoms in total. The molecule has 0 aliphatic rings. The van der Waals surface area contributed by atoms with Crippen LogP contribution in [0.1, 0.15) is 5.56 Å². The Morgan fingerprint density at radius 1 is 1.44 bits per heavy atom. The molecule has 2 rings (SSSR count). The molecule has 0 saturated carbocycles. The SMILES string of the molecule is Cc1cc(NS(=O)(=O)c2ccnn2C)cnc1Cl. The van der Waals surface area contributed by atoms with Crippen molar-refractivity contribution >= 4 is 27.3 Å². The van der Waals surface area contributed by atoms with Crippen LogP contribution in [0.3, 0.4) is 0 Å². The number of hydrogen-bond acceptors (Lipinski definition) is 4. The van der Waals surface area contributed by atoms with Gasteiger partial charge in [0.2, 0.25) is 0 Å². The number of nitrogens with zero attached hydrogens (tertiary/aromatic N) is 3. The molecule has 18 heavy (non-hydrogen) atoms. The summed E-state index contributed by atoms with van der Waals surface area (Å²) in [5.41, 5.74) is 1.06. The number of aryl methyl sites for hydroxylation is 2. The summed E-state index contributed by atoms with van der Waals surface area (Å²) >= 11 is 5.77. The quantitative estimate of drug-likeness (QED) is 0.869. The molecule has 0 aromatic carbocycles. The molecular formula is C10H11ClN4O2S. The fourth-order valence-corrected chi connectivity index (χ4v) is 2.71. The molecule has 0 fully saturated rings. The molecule has 0 amide bonds. The number of rotatable bonds is 3. The molecule has 0 atom stereocenters. The van der Waals surface area contributed by atoms with Gasteiger partial charge >= 0.3 is 0 Å². The average Bonchev–Trinajstić information content (AvgIpc) is 2.70. The molecule has 96 valence electrons. The standard InChI is InChI=1S/C10H11ClN4O2S/c1-7-5-8(6-12-10(7)11)14-18(16,17)9-3-4-13-15(9)2/h3-6,14H,1-2H3. The summed E-state index contributed by atoms with van der Waals surface area (Å²) < 4.78 is 27.8. The van der Waals surface area contributed by atoms with E-state index in [2.05, 4.69) is 14.8 Å². The maximum absolute atomic E-state index is 12.0. The molecule has 0 aliphatic carbocycles. The normalized spacial score (nSPS) is 11.5. The minimum atomic E-state index is -3.66. The fourth-order valence-electron chi connectivity index (χ4n) is 1.45. The van der Waals surface area contributed by atoms with E-state index in [1.807, 2.05) is 0 Å². The first kappa shape index (κ1) is 12.8. The Kier molecular flexibility index (Phi) is 3.27. The number of halogens is 1. The number of pyridine rings is 1. The Hall–Kier alpha value is -1.60. The summed E-state index contributed by atoms with van der Waals surface area (Å²) in [6, 6.07) is 3.03. The number of aromatic nitrogens is 3. The van der Waals surface area contributed by atoms with Crippen LogP contribution >= 0.6 is 11.6 Å². The second-order valence-corrected chi connectivity index (χ2v) is 5.72. The number of anilines is 1. The smallest absolute Gasteiger partial charge is 0.277 e. The summed E-state index contributed by atoms with van der Waals surface area (Å²) in [6.07, 6.45) is 2.78. The second kappa shape index (κ2) is 4.58. The fraction of sp³-hybridized carbons (Fsp3) is 0.200. The molecule has 0 spiro atoms. The Bertz CT molecular complexity index is 681. The largest absolute Gasteiger partial charge is 0.279 e. The lowest BCUT2D eigenvalue weighted by molar-refractivity contribution is 0.582. The summed E-state index contributed by atoms with van der Waals surface area (Å²) in [5, 5.41) is 4.24. The number of nitrogens with one attached hydrogen (secondary N) is 1. The number of sulfonamides is 1. The summed E-state index contributed by atoms with van der Waals surface area (Å²) in [5.74, 6) is 0. The van der Waals surface area contributed by atoms with E-state index in [0.717, 1.165) is 0 Å². The van der Waals surface area contributed by atoms with Gasteiger partial charge in [0.1, 0.15) is 5.15 Å². The molecule has 0 unspecified atom stereocenters. The lowest BCUT2D eigenvalue weighted by Crippen LogP contribution is -2.16. The van der Waals surface area contributed by atoms with Gasteiger partial charge in [0.25, 0.3) is 10.0 Å². The third-order valence-corrected chi connectivity index (χ3v) is 4.17. The van der Waals surface area contributed by atoms with Gasteiger partial charge in [-0.15, -0.1) is 0 Å². The van der Waals surface area contributed by atoms with Gasteiger partial charge in [-0.05, 0) is 24.6 Å². The molecule has 0 aliphatic heterocycles. The maximum Gasteiger partial charge on any atom is 0.279 e. The van der Waals surface area contributed by atoms with E-state index >= 15 is 0 Å². The predicted molar refractivity (Wildman–Crippen MR) is 68.0 cm³/mol. The molecule has 8 heteroatoms. The van der Waals surface area contributed by atoms with Crippen molar-refractivity contribution < 1.29 is 8.42 Å². The minimum absolute atomic E-state index is 0.0788. The van der Waals surface area contributed by atoms with Crippen molar-refractivity contribution in [1.82, 2.24) is 14.8 Å². The van der Waals surface area contributed by atoms with Crippen LogP contribution in [0.25, 0.3) is 0 Å². The first-order valence-corrected chi connectivity index (χ1v) is 6.89. The Morgan fingerprint density at radius 2 is 2.17 bits per heavy atom. The highest BCUT2D eigenvalue weighted by molar-refractivity contribution is 7.92. The Labute approximate surface area is 110 Å². The topological polar surface area (TPSA) is 76.9 Å². The van der Waals surface area contributed by atoms with Gasteiger partial charge in [-0.25, -0.2) is 4.98 Å². The third kappa shape index (κ3) is 2.46. The lowest BCUT2D eigenvalue weighted by Gasteiger charge is -2.08. The van der Waals surface area contributed by atoms with Crippen molar-refractivity contribution in [3.63, 3.8) is 0 Å². The first-order chi connectivity index (χ1) is 8.40. The lowest BCUT2D eigenvalue weighted by atomic mass is 10.3. The predicted octanol–water partition coefficient (Wildman–Crippen LogP) is 1.58. The monoisotopic (exact) mass is 286 g/mol. The van der Waals surface area contributed by atoms with Crippen LogP contribution in [0.4, 0.5) is 5.69 Å². The highest BCUT2D eigenvalue weighted by Crippen LogP contribution is 2.19. The van der Waals surface area contributed by atoms with E-state index in [1.165, 1.54) is 23.1 Å². The molecule has 1 N–H and O–H groups in total. The average molecular weight is 287 g/mol. The molecule has 2 aromatic heterocycles. The molecule has 0 bridgehead atoms. The van der Waals surface area contributed by atoms with Crippen molar-refractivity contribution in [2.75, 3.05) is 4.72 Å². The van der Waals surface area contributed by atoms with E-state index in [1.54, 1.807) is 20.0 Å². The van der Waals surface area contributed by atoms with Crippen LogP contribution < -0.4 is 4.72 Å². The van der Waals surface area contributed by atoms with Crippen LogP contribution in [0, 0.1) is 6.92 Å². The van der Waals surface area contributed by atoms with Crippen molar-refractivity contribution in [3.05, 3.63) is 35.2 Å². The van der Waals surface area contributed by atoms with Crippen molar-refractivity contribution in [2.24, 2.45) is 7.05 Å². The van der Waals surface area contributed by atoms with Crippen molar-refractivity contribution in [1.29, 1.82) is 0 Å². The Balaban J connectivity index is 2.34. The van der Waals surface area contributed by atoms with E-state index < -0.39 is 10.0 Å². The van der Waals surface area contributed by atoms with Gasteiger partial charge in [-0.2, -0.15) is 13.5 Å². The van der Waals surface area contributed by atoms with Gasteiger partial charge in [-0.1, -0.05) is 11.6 Å². The summed E-state index contributed by atoms with van der Waals surface area (Å²) in [6.45, 7) is 1.75. The van der Waals surface area contributed by atoms with Gasteiger partial charge in [-0.3, -0.25) is 9.40 Å². The summed E-state index contributed by atoms with van der Waals surface area (Å²) in [7, 11) is -2.11. The van der Waals surface area contributed by atoms with Crippen LogP contribution in [0.2, 0.25) is 5.15 Å². The molecule has 0 radical (unpaired) electrons. The Morgan fingerprint density at radius 3 is 2.72 bits per heavy atom. The van der Waals surface area contributed by atoms with Crippen LogP contribution in [0.5, 0.6) is 0 Å². The highest BCUT2D eigenvalue weighted by atomic mass is 35.5. The van der Waals surface area contributed by atoms with Crippen molar-refractivity contribution in [3.8, 4) is 0 Å². The molecule has 2 heterocycles. The van der Waals surface area contributed by atoms with Gasteiger partial charge < -0.3 is 0 Å². The number of hydrogen-bond donors (Lipinski definition) is 1. The second-order valence-electron chi connectivity index (χ2n) is 3.73. The molecule has 2 aromatic rings. The molecule has 0 saturated heterocycles. The minimum Gasteiger partial charge on any atom is -0.277 e.